The Bertz CT molecular complexity index is 2320. The number of hydrogen-bond donors (Lipinski definition) is 4. The maximum absolute atomic E-state index is 14.0. The van der Waals surface area contributed by atoms with Crippen LogP contribution >= 0.6 is 0 Å². The Morgan fingerprint density at radius 3 is 2.17 bits per heavy atom. The zero-order chi connectivity index (χ0) is 37.8. The van der Waals surface area contributed by atoms with E-state index >= 15 is 0 Å². The number of para-hydroxylation sites is 2. The molecule has 14 heteroatoms. The maximum atomic E-state index is 14.0. The molecule has 4 amide bonds. The molecule has 2 unspecified atom stereocenters. The third-order valence-corrected chi connectivity index (χ3v) is 8.63. The summed E-state index contributed by atoms with van der Waals surface area (Å²) in [4.78, 5) is 91.2. The number of ether oxygens (including phenoxy) is 1. The highest BCUT2D eigenvalue weighted by molar-refractivity contribution is 6.11. The molecule has 1 heterocycles. The predicted molar refractivity (Wildman–Crippen MR) is 193 cm³/mol. The van der Waals surface area contributed by atoms with Crippen LogP contribution in [0.4, 0.5) is 11.4 Å². The van der Waals surface area contributed by atoms with E-state index < -0.39 is 60.6 Å². The maximum Gasteiger partial charge on any atom is 0.343 e. The Labute approximate surface area is 301 Å². The van der Waals surface area contributed by atoms with Crippen LogP contribution in [0.1, 0.15) is 34.1 Å². The van der Waals surface area contributed by atoms with Crippen LogP contribution in [-0.4, -0.2) is 77.2 Å². The van der Waals surface area contributed by atoms with Crippen molar-refractivity contribution < 1.29 is 48.5 Å². The minimum absolute atomic E-state index is 0.115. The number of carbonyl (C=O) groups is 7. The van der Waals surface area contributed by atoms with Crippen LogP contribution in [0.5, 0.6) is 11.5 Å². The summed E-state index contributed by atoms with van der Waals surface area (Å²) in [6.07, 6.45) is -0.380. The van der Waals surface area contributed by atoms with Crippen molar-refractivity contribution >= 4 is 74.8 Å². The number of carboxylic acids is 1. The van der Waals surface area contributed by atoms with Gasteiger partial charge in [0.05, 0.1) is 35.9 Å². The predicted octanol–water partition coefficient (Wildman–Crippen LogP) is 3.57. The number of esters is 1. The number of aldehydes is 1. The highest BCUT2D eigenvalue weighted by Crippen LogP contribution is 2.33. The minimum atomic E-state index is -1.33. The second-order valence-corrected chi connectivity index (χ2v) is 12.3. The normalized spacial score (nSPS) is 14.5. The van der Waals surface area contributed by atoms with Crippen molar-refractivity contribution in [2.75, 3.05) is 22.9 Å². The van der Waals surface area contributed by atoms with Gasteiger partial charge in [-0.1, -0.05) is 36.4 Å². The monoisotopic (exact) mass is 716 g/mol. The minimum Gasteiger partial charge on any atom is -0.508 e. The van der Waals surface area contributed by atoms with E-state index in [0.29, 0.717) is 22.0 Å². The lowest BCUT2D eigenvalue weighted by molar-refractivity contribution is -0.139. The van der Waals surface area contributed by atoms with Crippen molar-refractivity contribution in [2.24, 2.45) is 0 Å². The zero-order valence-electron chi connectivity index (χ0n) is 28.1. The molecule has 14 nitrogen and oxygen atoms in total. The first-order valence-electron chi connectivity index (χ1n) is 16.3. The Morgan fingerprint density at radius 2 is 1.47 bits per heavy atom. The Kier molecular flexibility index (Phi) is 10.1. The average molecular weight is 717 g/mol. The lowest BCUT2D eigenvalue weighted by atomic mass is 10.1. The first-order chi connectivity index (χ1) is 25.4. The molecule has 0 saturated heterocycles. The summed E-state index contributed by atoms with van der Waals surface area (Å²) in [5.41, 5.74) is 1.000. The van der Waals surface area contributed by atoms with E-state index in [-0.39, 0.29) is 35.6 Å². The summed E-state index contributed by atoms with van der Waals surface area (Å²) < 4.78 is 5.61. The summed E-state index contributed by atoms with van der Waals surface area (Å²) in [6.45, 7) is 0.408. The number of carbonyl (C=O) groups excluding carboxylic acids is 6. The van der Waals surface area contributed by atoms with Crippen molar-refractivity contribution in [3.8, 4) is 11.5 Å². The van der Waals surface area contributed by atoms with Crippen molar-refractivity contribution in [1.82, 2.24) is 10.6 Å². The van der Waals surface area contributed by atoms with Crippen molar-refractivity contribution in [3.63, 3.8) is 0 Å². The molecular formula is C39H32N4O10. The largest absolute Gasteiger partial charge is 0.508 e. The molecule has 0 aromatic heterocycles. The third-order valence-electron chi connectivity index (χ3n) is 8.63. The van der Waals surface area contributed by atoms with E-state index in [0.717, 1.165) is 15.7 Å². The number of anilines is 2. The van der Waals surface area contributed by atoms with Gasteiger partial charge in [-0.3, -0.25) is 28.9 Å². The molecule has 6 rings (SSSR count). The summed E-state index contributed by atoms with van der Waals surface area (Å²) >= 11 is 0. The van der Waals surface area contributed by atoms with Gasteiger partial charge in [0.25, 0.3) is 11.8 Å². The molecular weight excluding hydrogens is 684 g/mol. The van der Waals surface area contributed by atoms with Gasteiger partial charge >= 0.3 is 11.9 Å². The van der Waals surface area contributed by atoms with Crippen molar-refractivity contribution in [1.29, 1.82) is 0 Å². The molecule has 0 aliphatic carbocycles. The first kappa shape index (κ1) is 35.7. The molecule has 5 aromatic carbocycles. The number of fused-ring (bicyclic) bond motifs is 3. The van der Waals surface area contributed by atoms with Crippen LogP contribution in [-0.2, 0) is 24.0 Å². The van der Waals surface area contributed by atoms with E-state index in [4.69, 9.17) is 9.84 Å². The van der Waals surface area contributed by atoms with Crippen LogP contribution < -0.4 is 25.2 Å². The first-order valence-corrected chi connectivity index (χ1v) is 16.3. The van der Waals surface area contributed by atoms with Crippen LogP contribution in [0, 0.1) is 0 Å². The summed E-state index contributed by atoms with van der Waals surface area (Å²) in [7, 11) is 0. The van der Waals surface area contributed by atoms with Gasteiger partial charge in [-0.15, -0.1) is 0 Å². The van der Waals surface area contributed by atoms with Gasteiger partial charge in [0.15, 0.2) is 0 Å². The number of benzene rings is 5. The summed E-state index contributed by atoms with van der Waals surface area (Å²) in [5.74, 6) is -4.13. The number of nitrogens with zero attached hydrogens (tertiary/aromatic N) is 2. The van der Waals surface area contributed by atoms with Gasteiger partial charge in [0.2, 0.25) is 11.8 Å². The van der Waals surface area contributed by atoms with E-state index in [1.165, 1.54) is 30.0 Å². The Hall–Kier alpha value is -7.09. The molecule has 2 atom stereocenters. The lowest BCUT2D eigenvalue weighted by Crippen LogP contribution is -2.54. The average Bonchev–Trinajstić information content (AvgIpc) is 3.24. The topological polar surface area (TPSA) is 200 Å². The number of amides is 4. The smallest absolute Gasteiger partial charge is 0.343 e. The highest BCUT2D eigenvalue weighted by atomic mass is 16.5. The molecule has 0 spiro atoms. The molecule has 0 radical (unpaired) electrons. The molecule has 0 saturated carbocycles. The van der Waals surface area contributed by atoms with Crippen molar-refractivity contribution in [2.45, 2.75) is 25.4 Å². The number of hydrogen-bond acceptors (Lipinski definition) is 9. The van der Waals surface area contributed by atoms with Crippen LogP contribution in [0.25, 0.3) is 21.5 Å². The number of phenols is 1. The van der Waals surface area contributed by atoms with E-state index in [1.54, 1.807) is 78.9 Å². The Morgan fingerprint density at radius 1 is 0.849 bits per heavy atom. The SMILES string of the molecule is CC(=O)N1CC(NC(=O)c2ccc3cc(OC(=O)c4ccc5cc(O)ccc5c4)ccc3c2)C(=O)N(CC(=O)NC(C=O)CC(=O)O)c2ccccc21. The van der Waals surface area contributed by atoms with Crippen LogP contribution in [0.3, 0.4) is 0 Å². The highest BCUT2D eigenvalue weighted by Gasteiger charge is 2.37. The molecule has 1 aliphatic rings. The number of carboxylic acid groups (broad SMARTS) is 1. The molecule has 4 N–H and O–H groups in total. The zero-order valence-corrected chi connectivity index (χ0v) is 28.1. The van der Waals surface area contributed by atoms with Gasteiger partial charge in [0, 0.05) is 12.5 Å². The van der Waals surface area contributed by atoms with Crippen LogP contribution in [0.15, 0.2) is 97.1 Å². The lowest BCUT2D eigenvalue weighted by Gasteiger charge is -2.25. The number of phenolic OH excluding ortho intramolecular Hbond substituents is 1. The second-order valence-electron chi connectivity index (χ2n) is 12.3. The molecule has 53 heavy (non-hydrogen) atoms. The molecule has 268 valence electrons. The van der Waals surface area contributed by atoms with Crippen LogP contribution in [0.2, 0.25) is 0 Å². The van der Waals surface area contributed by atoms with Gasteiger partial charge in [0.1, 0.15) is 30.4 Å². The van der Waals surface area contributed by atoms with E-state index in [2.05, 4.69) is 10.6 Å². The van der Waals surface area contributed by atoms with Crippen molar-refractivity contribution in [3.05, 3.63) is 108 Å². The quantitative estimate of drug-likeness (QED) is 0.0941. The molecule has 1 aliphatic heterocycles. The van der Waals surface area contributed by atoms with Gasteiger partial charge in [-0.25, -0.2) is 4.79 Å². The van der Waals surface area contributed by atoms with Gasteiger partial charge in [-0.2, -0.15) is 0 Å². The number of rotatable bonds is 10. The number of nitrogens with one attached hydrogen (secondary N) is 2. The second kappa shape index (κ2) is 15.0. The number of aliphatic carboxylic acids is 1. The fraction of sp³-hybridized carbons (Fsp3) is 0.154. The van der Waals surface area contributed by atoms with E-state index in [9.17, 15) is 38.7 Å². The van der Waals surface area contributed by atoms with E-state index in [1.807, 2.05) is 0 Å². The standard InChI is InChI=1S/C39H32N4O10/c1-22(45)42-19-32(38(51)43(34-5-3-2-4-33(34)42)20-35(47)40-29(21-44)18-36(48)49)41-37(50)27-8-6-26-17-31(13-11-24(26)14-27)53-39(52)28-9-7-25-16-30(46)12-10-23(25)15-28/h2-17,21,29,32,46H,18-20H2,1H3,(H,40,47)(H,41,50)(H,48,49). The van der Waals surface area contributed by atoms with Gasteiger partial charge < -0.3 is 35.3 Å². The third kappa shape index (κ3) is 7.96. The molecule has 0 bridgehead atoms. The van der Waals surface area contributed by atoms with Gasteiger partial charge in [-0.05, 0) is 82.2 Å². The Balaban J connectivity index is 1.20. The fourth-order valence-electron chi connectivity index (χ4n) is 6.07. The molecule has 5 aromatic rings. The fourth-order valence-corrected chi connectivity index (χ4v) is 6.07. The number of aromatic hydroxyl groups is 1. The summed E-state index contributed by atoms with van der Waals surface area (Å²) in [6, 6.07) is 23.1. The summed E-state index contributed by atoms with van der Waals surface area (Å²) in [5, 5.41) is 26.5. The molecule has 0 fully saturated rings.